The molecule has 1 fully saturated rings. The van der Waals surface area contributed by atoms with Crippen molar-refractivity contribution in [1.82, 2.24) is 0 Å². The number of rotatable bonds is 8. The SMILES string of the molecule is CCCOc1ccc(/C=C2/SC(=S)N(c3ccc(OC)cc3)C2=O)cc1OCC. The molecule has 0 N–H and O–H groups in total. The number of thiocarbonyl (C=S) groups is 1. The Hall–Kier alpha value is -2.51. The second kappa shape index (κ2) is 9.80. The van der Waals surface area contributed by atoms with Crippen LogP contribution in [0.1, 0.15) is 25.8 Å². The standard InChI is InChI=1S/C22H23NO4S2/c1-4-12-27-18-11-6-15(13-19(18)26-5-2)14-20-21(24)23(22(28)29-20)16-7-9-17(25-3)10-8-16/h6-11,13-14H,4-5,12H2,1-3H3/b20-14+. The minimum absolute atomic E-state index is 0.144. The Kier molecular flexibility index (Phi) is 7.17. The van der Waals surface area contributed by atoms with Gasteiger partial charge in [-0.05, 0) is 61.4 Å². The van der Waals surface area contributed by atoms with Crippen LogP contribution in [-0.4, -0.2) is 30.6 Å². The van der Waals surface area contributed by atoms with Crippen LogP contribution in [0, 0.1) is 0 Å². The first kappa shape index (κ1) is 21.2. The smallest absolute Gasteiger partial charge is 0.270 e. The summed E-state index contributed by atoms with van der Waals surface area (Å²) in [6.07, 6.45) is 2.75. The van der Waals surface area contributed by atoms with Gasteiger partial charge in [0.25, 0.3) is 5.91 Å². The molecule has 1 heterocycles. The lowest BCUT2D eigenvalue weighted by Crippen LogP contribution is -2.27. The number of ether oxygens (including phenoxy) is 3. The highest BCUT2D eigenvalue weighted by atomic mass is 32.2. The Balaban J connectivity index is 1.85. The molecule has 0 atom stereocenters. The molecule has 0 aromatic heterocycles. The molecule has 3 rings (SSSR count). The zero-order chi connectivity index (χ0) is 20.8. The van der Waals surface area contributed by atoms with Crippen LogP contribution in [0.5, 0.6) is 17.2 Å². The van der Waals surface area contributed by atoms with Gasteiger partial charge in [0.15, 0.2) is 15.8 Å². The van der Waals surface area contributed by atoms with Crippen LogP contribution in [0.2, 0.25) is 0 Å². The van der Waals surface area contributed by atoms with Crippen LogP contribution >= 0.6 is 24.0 Å². The van der Waals surface area contributed by atoms with Crippen molar-refractivity contribution in [3.05, 3.63) is 52.9 Å². The van der Waals surface area contributed by atoms with Gasteiger partial charge in [-0.25, -0.2) is 0 Å². The lowest BCUT2D eigenvalue weighted by molar-refractivity contribution is -0.113. The number of carbonyl (C=O) groups is 1. The molecule has 1 saturated heterocycles. The molecule has 7 heteroatoms. The van der Waals surface area contributed by atoms with E-state index in [1.165, 1.54) is 16.7 Å². The van der Waals surface area contributed by atoms with Crippen LogP contribution < -0.4 is 19.1 Å². The van der Waals surface area contributed by atoms with E-state index in [0.717, 1.165) is 23.4 Å². The summed E-state index contributed by atoms with van der Waals surface area (Å²) in [4.78, 5) is 15.1. The minimum Gasteiger partial charge on any atom is -0.497 e. The number of hydrogen-bond acceptors (Lipinski definition) is 6. The van der Waals surface area contributed by atoms with Crippen molar-refractivity contribution >= 4 is 46.0 Å². The molecule has 2 aromatic carbocycles. The van der Waals surface area contributed by atoms with Gasteiger partial charge in [-0.3, -0.25) is 9.69 Å². The van der Waals surface area contributed by atoms with Gasteiger partial charge in [0.1, 0.15) is 5.75 Å². The number of methoxy groups -OCH3 is 1. The van der Waals surface area contributed by atoms with E-state index in [0.29, 0.717) is 33.9 Å². The van der Waals surface area contributed by atoms with Gasteiger partial charge < -0.3 is 14.2 Å². The molecule has 0 radical (unpaired) electrons. The van der Waals surface area contributed by atoms with Crippen LogP contribution in [0.25, 0.3) is 6.08 Å². The van der Waals surface area contributed by atoms with E-state index in [1.807, 2.05) is 43.3 Å². The van der Waals surface area contributed by atoms with Crippen LogP contribution in [0.15, 0.2) is 47.4 Å². The highest BCUT2D eigenvalue weighted by Gasteiger charge is 2.33. The van der Waals surface area contributed by atoms with E-state index in [1.54, 1.807) is 19.2 Å². The number of carbonyl (C=O) groups excluding carboxylic acids is 1. The molecule has 0 spiro atoms. The van der Waals surface area contributed by atoms with Crippen molar-refractivity contribution in [3.63, 3.8) is 0 Å². The highest BCUT2D eigenvalue weighted by molar-refractivity contribution is 8.27. The maximum atomic E-state index is 13.0. The topological polar surface area (TPSA) is 48.0 Å². The molecular weight excluding hydrogens is 406 g/mol. The second-order valence-electron chi connectivity index (χ2n) is 6.20. The predicted molar refractivity (Wildman–Crippen MR) is 122 cm³/mol. The number of amides is 1. The van der Waals surface area contributed by atoms with Crippen LogP contribution in [-0.2, 0) is 4.79 Å². The number of thioether (sulfide) groups is 1. The van der Waals surface area contributed by atoms with E-state index in [9.17, 15) is 4.79 Å². The first-order valence-electron chi connectivity index (χ1n) is 9.39. The van der Waals surface area contributed by atoms with Crippen molar-refractivity contribution < 1.29 is 19.0 Å². The third-order valence-corrected chi connectivity index (χ3v) is 5.45. The first-order valence-corrected chi connectivity index (χ1v) is 10.6. The van der Waals surface area contributed by atoms with Crippen molar-refractivity contribution in [2.75, 3.05) is 25.2 Å². The number of benzene rings is 2. The Bertz CT molecular complexity index is 925. The van der Waals surface area contributed by atoms with Gasteiger partial charge in [0, 0.05) is 0 Å². The summed E-state index contributed by atoms with van der Waals surface area (Å²) >= 11 is 6.73. The monoisotopic (exact) mass is 429 g/mol. The average Bonchev–Trinajstić information content (AvgIpc) is 3.00. The Morgan fingerprint density at radius 3 is 2.48 bits per heavy atom. The minimum atomic E-state index is -0.144. The zero-order valence-corrected chi connectivity index (χ0v) is 18.3. The van der Waals surface area contributed by atoms with Crippen LogP contribution in [0.4, 0.5) is 5.69 Å². The van der Waals surface area contributed by atoms with Crippen LogP contribution in [0.3, 0.4) is 0 Å². The van der Waals surface area contributed by atoms with E-state index in [-0.39, 0.29) is 5.91 Å². The lowest BCUT2D eigenvalue weighted by atomic mass is 10.1. The molecule has 1 aliphatic rings. The number of hydrogen-bond donors (Lipinski definition) is 0. The second-order valence-corrected chi connectivity index (χ2v) is 7.88. The van der Waals surface area contributed by atoms with Gasteiger partial charge in [-0.15, -0.1) is 0 Å². The summed E-state index contributed by atoms with van der Waals surface area (Å²) in [5, 5.41) is 0. The summed E-state index contributed by atoms with van der Waals surface area (Å²) in [5.41, 5.74) is 1.57. The van der Waals surface area contributed by atoms with Gasteiger partial charge in [-0.2, -0.15) is 0 Å². The lowest BCUT2D eigenvalue weighted by Gasteiger charge is -2.14. The molecule has 152 valence electrons. The Morgan fingerprint density at radius 2 is 1.83 bits per heavy atom. The fourth-order valence-electron chi connectivity index (χ4n) is 2.79. The molecule has 5 nitrogen and oxygen atoms in total. The zero-order valence-electron chi connectivity index (χ0n) is 16.6. The van der Waals surface area contributed by atoms with Crippen molar-refractivity contribution in [2.45, 2.75) is 20.3 Å². The summed E-state index contributed by atoms with van der Waals surface area (Å²) < 4.78 is 17.1. The van der Waals surface area contributed by atoms with E-state index >= 15 is 0 Å². The summed E-state index contributed by atoms with van der Waals surface area (Å²) in [7, 11) is 1.60. The Morgan fingerprint density at radius 1 is 1.07 bits per heavy atom. The first-order chi connectivity index (χ1) is 14.1. The molecular formula is C22H23NO4S2. The molecule has 0 unspecified atom stereocenters. The molecule has 0 bridgehead atoms. The molecule has 29 heavy (non-hydrogen) atoms. The normalized spacial score (nSPS) is 15.1. The third kappa shape index (κ3) is 4.92. The highest BCUT2D eigenvalue weighted by Crippen LogP contribution is 2.37. The molecule has 2 aromatic rings. The fraction of sp³-hybridized carbons (Fsp3) is 0.273. The maximum Gasteiger partial charge on any atom is 0.270 e. The molecule has 0 aliphatic carbocycles. The Labute approximate surface area is 180 Å². The molecule has 1 amide bonds. The summed E-state index contributed by atoms with van der Waals surface area (Å²) in [6, 6.07) is 12.9. The average molecular weight is 430 g/mol. The van der Waals surface area contributed by atoms with E-state index < -0.39 is 0 Å². The van der Waals surface area contributed by atoms with Gasteiger partial charge in [-0.1, -0.05) is 37.0 Å². The summed E-state index contributed by atoms with van der Waals surface area (Å²) in [6.45, 7) is 5.14. The van der Waals surface area contributed by atoms with Crippen molar-refractivity contribution in [3.8, 4) is 17.2 Å². The quantitative estimate of drug-likeness (QED) is 0.420. The number of anilines is 1. The fourth-order valence-corrected chi connectivity index (χ4v) is 4.09. The van der Waals surface area contributed by atoms with Gasteiger partial charge in [0.2, 0.25) is 0 Å². The number of nitrogens with zero attached hydrogens (tertiary/aromatic N) is 1. The van der Waals surface area contributed by atoms with Gasteiger partial charge >= 0.3 is 0 Å². The maximum absolute atomic E-state index is 13.0. The van der Waals surface area contributed by atoms with E-state index in [4.69, 9.17) is 26.4 Å². The third-order valence-electron chi connectivity index (χ3n) is 4.15. The molecule has 0 saturated carbocycles. The molecule has 1 aliphatic heterocycles. The van der Waals surface area contributed by atoms with Crippen molar-refractivity contribution in [2.24, 2.45) is 0 Å². The van der Waals surface area contributed by atoms with Gasteiger partial charge in [0.05, 0.1) is 30.9 Å². The predicted octanol–water partition coefficient (Wildman–Crippen LogP) is 5.29. The summed E-state index contributed by atoms with van der Waals surface area (Å²) in [5.74, 6) is 1.95. The van der Waals surface area contributed by atoms with E-state index in [2.05, 4.69) is 6.92 Å². The van der Waals surface area contributed by atoms with Crippen molar-refractivity contribution in [1.29, 1.82) is 0 Å². The largest absolute Gasteiger partial charge is 0.497 e.